The molecule has 0 aliphatic carbocycles. The molecular formula is C15H19N3. The number of hydrogen-bond donors (Lipinski definition) is 1. The van der Waals surface area contributed by atoms with Gasteiger partial charge in [0.2, 0.25) is 0 Å². The summed E-state index contributed by atoms with van der Waals surface area (Å²) in [7, 11) is 0. The molecule has 1 fully saturated rings. The Labute approximate surface area is 108 Å². The molecule has 1 aliphatic heterocycles. The average Bonchev–Trinajstić information content (AvgIpc) is 3.02. The van der Waals surface area contributed by atoms with E-state index in [0.717, 1.165) is 25.6 Å². The lowest BCUT2D eigenvalue weighted by Crippen LogP contribution is -2.14. The molecule has 1 saturated heterocycles. The number of nitrogens with one attached hydrogen (secondary N) is 1. The van der Waals surface area contributed by atoms with Crippen LogP contribution in [0.4, 0.5) is 0 Å². The van der Waals surface area contributed by atoms with Crippen LogP contribution in [0.15, 0.2) is 36.8 Å². The highest BCUT2D eigenvalue weighted by Gasteiger charge is 2.16. The molecule has 18 heavy (non-hydrogen) atoms. The van der Waals surface area contributed by atoms with E-state index in [9.17, 15) is 0 Å². The van der Waals surface area contributed by atoms with Crippen LogP contribution in [-0.2, 0) is 6.54 Å². The molecular weight excluding hydrogens is 222 g/mol. The normalized spacial score (nSPS) is 19.3. The maximum atomic E-state index is 4.31. The zero-order valence-corrected chi connectivity index (χ0v) is 10.8. The van der Waals surface area contributed by atoms with Crippen molar-refractivity contribution >= 4 is 0 Å². The van der Waals surface area contributed by atoms with Crippen molar-refractivity contribution in [2.45, 2.75) is 19.9 Å². The minimum absolute atomic E-state index is 0.739. The van der Waals surface area contributed by atoms with Gasteiger partial charge in [-0.15, -0.1) is 0 Å². The van der Waals surface area contributed by atoms with Crippen molar-refractivity contribution in [2.24, 2.45) is 5.92 Å². The van der Waals surface area contributed by atoms with Gasteiger partial charge in [-0.05, 0) is 37.9 Å². The second-order valence-electron chi connectivity index (χ2n) is 5.16. The Balaban J connectivity index is 1.84. The monoisotopic (exact) mass is 241 g/mol. The van der Waals surface area contributed by atoms with Crippen LogP contribution in [0, 0.1) is 12.8 Å². The SMILES string of the molecule is Cc1ccc(-c2cncn2CC2CCNC2)cc1. The van der Waals surface area contributed by atoms with Gasteiger partial charge in [0.05, 0.1) is 18.2 Å². The van der Waals surface area contributed by atoms with Crippen molar-refractivity contribution in [3.63, 3.8) is 0 Å². The van der Waals surface area contributed by atoms with Gasteiger partial charge in [-0.25, -0.2) is 4.98 Å². The van der Waals surface area contributed by atoms with E-state index in [1.54, 1.807) is 0 Å². The fourth-order valence-corrected chi connectivity index (χ4v) is 2.58. The molecule has 0 amide bonds. The highest BCUT2D eigenvalue weighted by molar-refractivity contribution is 5.59. The molecule has 2 heterocycles. The molecule has 2 aromatic rings. The summed E-state index contributed by atoms with van der Waals surface area (Å²) >= 11 is 0. The van der Waals surface area contributed by atoms with Crippen molar-refractivity contribution in [1.82, 2.24) is 14.9 Å². The number of aromatic nitrogens is 2. The smallest absolute Gasteiger partial charge is 0.0951 e. The van der Waals surface area contributed by atoms with Gasteiger partial charge >= 0.3 is 0 Å². The van der Waals surface area contributed by atoms with Crippen LogP contribution in [-0.4, -0.2) is 22.6 Å². The molecule has 1 atom stereocenters. The molecule has 1 unspecified atom stereocenters. The van der Waals surface area contributed by atoms with Gasteiger partial charge in [0.15, 0.2) is 0 Å². The topological polar surface area (TPSA) is 29.9 Å². The maximum absolute atomic E-state index is 4.31. The number of hydrogen-bond acceptors (Lipinski definition) is 2. The highest BCUT2D eigenvalue weighted by atomic mass is 15.1. The predicted octanol–water partition coefficient (Wildman–Crippen LogP) is 2.47. The Bertz CT molecular complexity index is 507. The number of nitrogens with zero attached hydrogens (tertiary/aromatic N) is 2. The van der Waals surface area contributed by atoms with E-state index in [1.807, 2.05) is 12.5 Å². The van der Waals surface area contributed by atoms with Gasteiger partial charge in [0, 0.05) is 6.54 Å². The zero-order chi connectivity index (χ0) is 12.4. The molecule has 3 heteroatoms. The van der Waals surface area contributed by atoms with Crippen LogP contribution in [0.3, 0.4) is 0 Å². The van der Waals surface area contributed by atoms with E-state index in [4.69, 9.17) is 0 Å². The number of rotatable bonds is 3. The molecule has 3 nitrogen and oxygen atoms in total. The van der Waals surface area contributed by atoms with Crippen molar-refractivity contribution in [1.29, 1.82) is 0 Å². The summed E-state index contributed by atoms with van der Waals surface area (Å²) in [6.07, 6.45) is 5.19. The summed E-state index contributed by atoms with van der Waals surface area (Å²) in [6, 6.07) is 8.67. The van der Waals surface area contributed by atoms with E-state index in [0.29, 0.717) is 0 Å². The average molecular weight is 241 g/mol. The van der Waals surface area contributed by atoms with Gasteiger partial charge in [0.1, 0.15) is 0 Å². The first-order chi connectivity index (χ1) is 8.83. The van der Waals surface area contributed by atoms with Gasteiger partial charge in [-0.3, -0.25) is 0 Å². The fourth-order valence-electron chi connectivity index (χ4n) is 2.58. The first kappa shape index (κ1) is 11.5. The van der Waals surface area contributed by atoms with Crippen molar-refractivity contribution in [3.8, 4) is 11.3 Å². The predicted molar refractivity (Wildman–Crippen MR) is 73.4 cm³/mol. The third-order valence-corrected chi connectivity index (χ3v) is 3.68. The first-order valence-corrected chi connectivity index (χ1v) is 6.61. The lowest BCUT2D eigenvalue weighted by Gasteiger charge is -2.12. The Morgan fingerprint density at radius 2 is 2.17 bits per heavy atom. The summed E-state index contributed by atoms with van der Waals surface area (Å²) in [6.45, 7) is 5.46. The summed E-state index contributed by atoms with van der Waals surface area (Å²) in [5.41, 5.74) is 3.77. The van der Waals surface area contributed by atoms with Crippen LogP contribution in [0.5, 0.6) is 0 Å². The quantitative estimate of drug-likeness (QED) is 0.894. The van der Waals surface area contributed by atoms with Gasteiger partial charge in [0.25, 0.3) is 0 Å². The molecule has 3 rings (SSSR count). The minimum Gasteiger partial charge on any atom is -0.330 e. The maximum Gasteiger partial charge on any atom is 0.0951 e. The lowest BCUT2D eigenvalue weighted by atomic mass is 10.1. The molecule has 0 saturated carbocycles. The van der Waals surface area contributed by atoms with Crippen LogP contribution in [0.25, 0.3) is 11.3 Å². The Morgan fingerprint density at radius 1 is 1.33 bits per heavy atom. The summed E-state index contributed by atoms with van der Waals surface area (Å²) < 4.78 is 2.28. The molecule has 1 N–H and O–H groups in total. The first-order valence-electron chi connectivity index (χ1n) is 6.61. The Kier molecular flexibility index (Phi) is 3.15. The number of benzene rings is 1. The van der Waals surface area contributed by atoms with Crippen LogP contribution >= 0.6 is 0 Å². The summed E-state index contributed by atoms with van der Waals surface area (Å²) in [5, 5.41) is 3.42. The fraction of sp³-hybridized carbons (Fsp3) is 0.400. The van der Waals surface area contributed by atoms with Crippen LogP contribution in [0.1, 0.15) is 12.0 Å². The molecule has 1 aromatic heterocycles. The number of imidazole rings is 1. The van der Waals surface area contributed by atoms with Crippen molar-refractivity contribution in [3.05, 3.63) is 42.4 Å². The largest absolute Gasteiger partial charge is 0.330 e. The molecule has 1 aliphatic rings. The summed E-state index contributed by atoms with van der Waals surface area (Å²) in [4.78, 5) is 4.31. The molecule has 94 valence electrons. The highest BCUT2D eigenvalue weighted by Crippen LogP contribution is 2.21. The third-order valence-electron chi connectivity index (χ3n) is 3.68. The summed E-state index contributed by atoms with van der Waals surface area (Å²) in [5.74, 6) is 0.739. The Morgan fingerprint density at radius 3 is 2.89 bits per heavy atom. The lowest BCUT2D eigenvalue weighted by molar-refractivity contribution is 0.484. The van der Waals surface area contributed by atoms with Crippen LogP contribution in [0.2, 0.25) is 0 Å². The van der Waals surface area contributed by atoms with E-state index in [-0.39, 0.29) is 0 Å². The standard InChI is InChI=1S/C15H19N3/c1-12-2-4-14(5-3-12)15-9-17-11-18(15)10-13-6-7-16-8-13/h2-5,9,11,13,16H,6-8,10H2,1H3. The number of aryl methyl sites for hydroxylation is 1. The van der Waals surface area contributed by atoms with Crippen LogP contribution < -0.4 is 5.32 Å². The van der Waals surface area contributed by atoms with E-state index >= 15 is 0 Å². The van der Waals surface area contributed by atoms with Gasteiger partial charge in [-0.2, -0.15) is 0 Å². The van der Waals surface area contributed by atoms with E-state index < -0.39 is 0 Å². The second-order valence-corrected chi connectivity index (χ2v) is 5.16. The van der Waals surface area contributed by atoms with Gasteiger partial charge in [-0.1, -0.05) is 29.8 Å². The third kappa shape index (κ3) is 2.31. The van der Waals surface area contributed by atoms with Crippen molar-refractivity contribution < 1.29 is 0 Å². The minimum atomic E-state index is 0.739. The second kappa shape index (κ2) is 4.94. The van der Waals surface area contributed by atoms with Gasteiger partial charge < -0.3 is 9.88 Å². The van der Waals surface area contributed by atoms with Crippen molar-refractivity contribution in [2.75, 3.05) is 13.1 Å². The Hall–Kier alpha value is -1.61. The van der Waals surface area contributed by atoms with E-state index in [1.165, 1.54) is 23.2 Å². The zero-order valence-electron chi connectivity index (χ0n) is 10.8. The molecule has 0 radical (unpaired) electrons. The molecule has 0 spiro atoms. The van der Waals surface area contributed by atoms with E-state index in [2.05, 4.69) is 46.1 Å². The molecule has 1 aromatic carbocycles. The molecule has 0 bridgehead atoms.